The molecular formula is C26H22N4O4S2. The Morgan fingerprint density at radius 2 is 1.03 bits per heavy atom. The van der Waals surface area contributed by atoms with Crippen LogP contribution < -0.4 is 21.3 Å². The molecule has 0 bridgehead atoms. The average molecular weight is 519 g/mol. The number of nitrogens with one attached hydrogen (secondary N) is 4. The summed E-state index contributed by atoms with van der Waals surface area (Å²) in [6, 6.07) is 21.7. The fraction of sp³-hybridized carbons (Fsp3) is 0.154. The first-order chi connectivity index (χ1) is 17.5. The van der Waals surface area contributed by atoms with Gasteiger partial charge in [0, 0.05) is 22.6 Å². The fourth-order valence-electron chi connectivity index (χ4n) is 3.89. The Bertz CT molecular complexity index is 1260. The third-order valence-corrected chi connectivity index (χ3v) is 8.18. The monoisotopic (exact) mass is 518 g/mol. The molecule has 8 nitrogen and oxygen atoms in total. The first-order valence-corrected chi connectivity index (χ1v) is 13.0. The maximum absolute atomic E-state index is 12.8. The number of carbonyl (C=O) groups is 4. The van der Waals surface area contributed by atoms with Gasteiger partial charge in [0.15, 0.2) is 0 Å². The van der Waals surface area contributed by atoms with Gasteiger partial charge in [0.2, 0.25) is 23.6 Å². The summed E-state index contributed by atoms with van der Waals surface area (Å²) in [7, 11) is 0. The smallest absolute Gasteiger partial charge is 0.238 e. The second-order valence-electron chi connectivity index (χ2n) is 8.23. The first kappa shape index (κ1) is 24.0. The van der Waals surface area contributed by atoms with Gasteiger partial charge >= 0.3 is 0 Å². The first-order valence-electron chi connectivity index (χ1n) is 11.3. The van der Waals surface area contributed by atoms with Crippen LogP contribution in [0, 0.1) is 0 Å². The molecule has 2 aliphatic heterocycles. The number of para-hydroxylation sites is 4. The van der Waals surface area contributed by atoms with Gasteiger partial charge in [-0.15, -0.1) is 23.5 Å². The molecule has 2 heterocycles. The van der Waals surface area contributed by atoms with Crippen molar-refractivity contribution in [1.29, 1.82) is 0 Å². The Morgan fingerprint density at radius 1 is 0.639 bits per heavy atom. The van der Waals surface area contributed by atoms with E-state index in [-0.39, 0.29) is 36.5 Å². The molecule has 5 rings (SSSR count). The van der Waals surface area contributed by atoms with Crippen molar-refractivity contribution in [2.75, 3.05) is 21.3 Å². The van der Waals surface area contributed by atoms with Gasteiger partial charge in [-0.05, 0) is 36.4 Å². The van der Waals surface area contributed by atoms with Crippen LogP contribution in [-0.2, 0) is 19.2 Å². The Hall–Kier alpha value is -3.76. The quantitative estimate of drug-likeness (QED) is 0.380. The van der Waals surface area contributed by atoms with Crippen molar-refractivity contribution in [3.05, 3.63) is 72.8 Å². The number of carbonyl (C=O) groups excluding carboxylic acids is 4. The lowest BCUT2D eigenvalue weighted by atomic mass is 10.2. The molecule has 4 amide bonds. The molecule has 0 aliphatic carbocycles. The van der Waals surface area contributed by atoms with Crippen molar-refractivity contribution in [2.45, 2.75) is 33.1 Å². The molecule has 36 heavy (non-hydrogen) atoms. The second kappa shape index (κ2) is 10.5. The fourth-order valence-corrected chi connectivity index (χ4v) is 6.12. The molecule has 0 unspecified atom stereocenters. The highest BCUT2D eigenvalue weighted by Gasteiger charge is 2.30. The molecule has 3 aromatic rings. The van der Waals surface area contributed by atoms with Crippen LogP contribution in [0.1, 0.15) is 12.8 Å². The van der Waals surface area contributed by atoms with Gasteiger partial charge in [0.05, 0.1) is 33.2 Å². The van der Waals surface area contributed by atoms with Gasteiger partial charge in [-0.1, -0.05) is 36.4 Å². The third kappa shape index (κ3) is 5.39. The van der Waals surface area contributed by atoms with Crippen LogP contribution in [0.25, 0.3) is 0 Å². The second-order valence-corrected chi connectivity index (χ2v) is 10.7. The summed E-state index contributed by atoms with van der Waals surface area (Å²) in [6.07, 6.45) is -0.0448. The number of thioether (sulfide) groups is 2. The maximum Gasteiger partial charge on any atom is 0.238 e. The minimum Gasteiger partial charge on any atom is -0.324 e. The minimum absolute atomic E-state index is 0.0224. The molecule has 0 spiro atoms. The number of hydrogen-bond acceptors (Lipinski definition) is 6. The van der Waals surface area contributed by atoms with Gasteiger partial charge in [0.25, 0.3) is 0 Å². The molecule has 0 saturated carbocycles. The number of anilines is 4. The summed E-state index contributed by atoms with van der Waals surface area (Å²) < 4.78 is 0. The van der Waals surface area contributed by atoms with Crippen LogP contribution in [0.3, 0.4) is 0 Å². The van der Waals surface area contributed by atoms with E-state index >= 15 is 0 Å². The van der Waals surface area contributed by atoms with Crippen LogP contribution in [0.15, 0.2) is 82.6 Å². The number of amides is 4. The van der Waals surface area contributed by atoms with Crippen molar-refractivity contribution in [3.63, 3.8) is 0 Å². The molecule has 10 heteroatoms. The van der Waals surface area contributed by atoms with E-state index in [1.807, 2.05) is 48.5 Å². The number of benzene rings is 3. The van der Waals surface area contributed by atoms with Gasteiger partial charge in [0.1, 0.15) is 0 Å². The predicted octanol–water partition coefficient (Wildman–Crippen LogP) is 4.57. The van der Waals surface area contributed by atoms with Crippen molar-refractivity contribution in [1.82, 2.24) is 0 Å². The van der Waals surface area contributed by atoms with E-state index in [1.165, 1.54) is 23.5 Å². The topological polar surface area (TPSA) is 116 Å². The third-order valence-electron chi connectivity index (χ3n) is 5.63. The van der Waals surface area contributed by atoms with E-state index in [4.69, 9.17) is 0 Å². The van der Waals surface area contributed by atoms with Gasteiger partial charge in [-0.3, -0.25) is 19.2 Å². The van der Waals surface area contributed by atoms with Crippen LogP contribution in [-0.4, -0.2) is 34.1 Å². The van der Waals surface area contributed by atoms with E-state index in [2.05, 4.69) is 21.3 Å². The zero-order chi connectivity index (χ0) is 25.1. The molecule has 182 valence electrons. The summed E-state index contributed by atoms with van der Waals surface area (Å²) in [4.78, 5) is 52.3. The van der Waals surface area contributed by atoms with Crippen LogP contribution in [0.4, 0.5) is 22.7 Å². The lowest BCUT2D eigenvalue weighted by Crippen LogP contribution is -2.33. The highest BCUT2D eigenvalue weighted by molar-refractivity contribution is 8.01. The Balaban J connectivity index is 1.20. The van der Waals surface area contributed by atoms with Crippen molar-refractivity contribution in [2.24, 2.45) is 0 Å². The van der Waals surface area contributed by atoms with Crippen LogP contribution in [0.5, 0.6) is 0 Å². The Morgan fingerprint density at radius 3 is 1.47 bits per heavy atom. The van der Waals surface area contributed by atoms with Crippen LogP contribution in [0.2, 0.25) is 0 Å². The molecule has 2 atom stereocenters. The molecule has 0 aromatic heterocycles. The van der Waals surface area contributed by atoms with Crippen molar-refractivity contribution >= 4 is 69.9 Å². The summed E-state index contributed by atoms with van der Waals surface area (Å²) in [5.74, 6) is -1.13. The highest BCUT2D eigenvalue weighted by Crippen LogP contribution is 2.38. The zero-order valence-corrected chi connectivity index (χ0v) is 20.6. The maximum atomic E-state index is 12.8. The predicted molar refractivity (Wildman–Crippen MR) is 142 cm³/mol. The van der Waals surface area contributed by atoms with E-state index < -0.39 is 10.5 Å². The Labute approximate surface area is 216 Å². The van der Waals surface area contributed by atoms with Gasteiger partial charge in [-0.25, -0.2) is 0 Å². The number of rotatable bonds is 6. The number of fused-ring (bicyclic) bond motifs is 2. The van der Waals surface area contributed by atoms with E-state index in [1.54, 1.807) is 24.3 Å². The largest absolute Gasteiger partial charge is 0.324 e. The zero-order valence-electron chi connectivity index (χ0n) is 18.9. The molecule has 0 fully saturated rings. The molecular weight excluding hydrogens is 496 g/mol. The highest BCUT2D eigenvalue weighted by atomic mass is 32.2. The van der Waals surface area contributed by atoms with E-state index in [0.717, 1.165) is 21.2 Å². The lowest BCUT2D eigenvalue weighted by Gasteiger charge is -2.24. The van der Waals surface area contributed by atoms with Crippen LogP contribution >= 0.6 is 23.5 Å². The SMILES string of the molecule is O=C(C[C@@H]1Sc2ccccc2NC1=O)Nc1ccccc1NC(=O)C[C@@H]1Sc2ccccc2NC1=O. The summed E-state index contributed by atoms with van der Waals surface area (Å²) >= 11 is 2.70. The average Bonchev–Trinajstić information content (AvgIpc) is 2.86. The normalized spacial score (nSPS) is 18.2. The number of hydrogen-bond donors (Lipinski definition) is 4. The minimum atomic E-state index is -0.564. The molecule has 0 saturated heterocycles. The Kier molecular flexibility index (Phi) is 6.97. The lowest BCUT2D eigenvalue weighted by molar-refractivity contribution is -0.120. The van der Waals surface area contributed by atoms with Gasteiger partial charge < -0.3 is 21.3 Å². The summed E-state index contributed by atoms with van der Waals surface area (Å²) in [5, 5.41) is 10.1. The van der Waals surface area contributed by atoms with Gasteiger partial charge in [-0.2, -0.15) is 0 Å². The summed E-state index contributed by atoms with van der Waals surface area (Å²) in [5.41, 5.74) is 2.32. The van der Waals surface area contributed by atoms with Crippen molar-refractivity contribution in [3.8, 4) is 0 Å². The van der Waals surface area contributed by atoms with E-state index in [0.29, 0.717) is 11.4 Å². The molecule has 0 radical (unpaired) electrons. The van der Waals surface area contributed by atoms with Crippen molar-refractivity contribution < 1.29 is 19.2 Å². The standard InChI is InChI=1S/C26H22N4O4S2/c31-23(13-21-25(33)29-17-9-3-5-11-19(17)35-21)27-15-7-1-2-8-16(15)28-24(32)14-22-26(34)30-18-10-4-6-12-20(18)36-22/h1-12,21-22H,13-14H2,(H,27,31)(H,28,32)(H,29,33)(H,30,34)/t21-,22-/m0/s1. The molecule has 2 aliphatic rings. The summed E-state index contributed by atoms with van der Waals surface area (Å²) in [6.45, 7) is 0. The molecule has 3 aromatic carbocycles. The molecule has 4 N–H and O–H groups in total. The van der Waals surface area contributed by atoms with E-state index in [9.17, 15) is 19.2 Å².